The van der Waals surface area contributed by atoms with Crippen LogP contribution >= 0.6 is 0 Å². The Morgan fingerprint density at radius 3 is 3.09 bits per heavy atom. The van der Waals surface area contributed by atoms with Gasteiger partial charge in [0.15, 0.2) is 0 Å². The first-order valence-electron chi connectivity index (χ1n) is 3.08. The van der Waals surface area contributed by atoms with Crippen LogP contribution in [0.25, 0.3) is 0 Å². The maximum atomic E-state index is 8.73. The van der Waals surface area contributed by atoms with Crippen LogP contribution in [-0.2, 0) is 0 Å². The molecule has 0 aliphatic carbocycles. The van der Waals surface area contributed by atoms with E-state index in [1.54, 1.807) is 0 Å². The van der Waals surface area contributed by atoms with Gasteiger partial charge in [-0.3, -0.25) is 0 Å². The quantitative estimate of drug-likeness (QED) is 0.602. The highest BCUT2D eigenvalue weighted by atomic mass is 16.5. The number of nitrogens with zero attached hydrogens (tertiary/aromatic N) is 1. The highest BCUT2D eigenvalue weighted by Gasteiger charge is 2.09. The molecule has 1 heterocycles. The van der Waals surface area contributed by atoms with Gasteiger partial charge in [-0.2, -0.15) is 0 Å². The van der Waals surface area contributed by atoms with Crippen molar-refractivity contribution in [3.8, 4) is 18.3 Å². The van der Waals surface area contributed by atoms with Gasteiger partial charge < -0.3 is 15.4 Å². The lowest BCUT2D eigenvalue weighted by Crippen LogP contribution is -2.09. The molecule has 0 saturated heterocycles. The van der Waals surface area contributed by atoms with Gasteiger partial charge in [0.2, 0.25) is 0 Å². The molecule has 1 unspecified atom stereocenters. The zero-order valence-electron chi connectivity index (χ0n) is 5.82. The monoisotopic (exact) mass is 152 g/mol. The topological polar surface area (TPSA) is 72.3 Å². The van der Waals surface area contributed by atoms with E-state index < -0.39 is 0 Å². The molecule has 0 aromatic carbocycles. The molecule has 11 heavy (non-hydrogen) atoms. The lowest BCUT2D eigenvalue weighted by Gasteiger charge is -1.99. The number of hydrogen-bond donors (Lipinski definition) is 2. The first kappa shape index (κ1) is 7.63. The predicted molar refractivity (Wildman–Crippen MR) is 38.5 cm³/mol. The first-order chi connectivity index (χ1) is 5.24. The summed E-state index contributed by atoms with van der Waals surface area (Å²) in [6, 6.07) is 0.992. The van der Waals surface area contributed by atoms with Crippen LogP contribution < -0.4 is 5.73 Å². The number of aromatic hydroxyl groups is 1. The maximum Gasteiger partial charge on any atom is 0.309 e. The summed E-state index contributed by atoms with van der Waals surface area (Å²) in [4.78, 5) is 0. The minimum absolute atomic E-state index is 0.243. The van der Waals surface area contributed by atoms with E-state index in [4.69, 9.17) is 17.3 Å². The van der Waals surface area contributed by atoms with Crippen molar-refractivity contribution in [3.63, 3.8) is 0 Å². The Bertz CT molecular complexity index is 274. The highest BCUT2D eigenvalue weighted by Crippen LogP contribution is 2.16. The van der Waals surface area contributed by atoms with Crippen molar-refractivity contribution in [1.29, 1.82) is 0 Å². The summed E-state index contributed by atoms with van der Waals surface area (Å²) in [5, 5.41) is 12.2. The Morgan fingerprint density at radius 2 is 2.64 bits per heavy atom. The fourth-order valence-electron chi connectivity index (χ4n) is 0.685. The van der Waals surface area contributed by atoms with Crippen LogP contribution in [0.4, 0.5) is 0 Å². The predicted octanol–water partition coefficient (Wildman–Crippen LogP) is 0.403. The minimum Gasteiger partial charge on any atom is -0.479 e. The highest BCUT2D eigenvalue weighted by molar-refractivity contribution is 5.13. The van der Waals surface area contributed by atoms with Gasteiger partial charge in [0.05, 0.1) is 6.04 Å². The number of hydrogen-bond acceptors (Lipinski definition) is 4. The minimum atomic E-state index is -0.357. The van der Waals surface area contributed by atoms with Gasteiger partial charge in [0.1, 0.15) is 5.69 Å². The second kappa shape index (κ2) is 3.08. The van der Waals surface area contributed by atoms with Crippen molar-refractivity contribution in [2.45, 2.75) is 12.5 Å². The Morgan fingerprint density at radius 1 is 1.91 bits per heavy atom. The molecule has 1 atom stereocenters. The van der Waals surface area contributed by atoms with Gasteiger partial charge in [0.25, 0.3) is 0 Å². The lowest BCUT2D eigenvalue weighted by molar-refractivity contribution is 0.275. The summed E-state index contributed by atoms with van der Waals surface area (Å²) in [6.07, 6.45) is 5.40. The maximum absolute atomic E-state index is 8.73. The summed E-state index contributed by atoms with van der Waals surface area (Å²) in [5.74, 6) is 2.14. The van der Waals surface area contributed by atoms with E-state index in [2.05, 4.69) is 15.6 Å². The molecule has 1 aromatic heterocycles. The van der Waals surface area contributed by atoms with Crippen LogP contribution in [0.5, 0.6) is 5.95 Å². The van der Waals surface area contributed by atoms with Gasteiger partial charge in [-0.05, 0) is 0 Å². The van der Waals surface area contributed by atoms with Crippen molar-refractivity contribution in [2.75, 3.05) is 0 Å². The molecule has 1 aromatic rings. The second-order valence-corrected chi connectivity index (χ2v) is 2.10. The van der Waals surface area contributed by atoms with Crippen molar-refractivity contribution in [3.05, 3.63) is 11.8 Å². The second-order valence-electron chi connectivity index (χ2n) is 2.10. The van der Waals surface area contributed by atoms with Crippen LogP contribution in [0.1, 0.15) is 18.2 Å². The molecule has 1 rings (SSSR count). The van der Waals surface area contributed by atoms with Crippen molar-refractivity contribution in [2.24, 2.45) is 5.73 Å². The Labute approximate surface area is 64.0 Å². The van der Waals surface area contributed by atoms with E-state index in [0.717, 1.165) is 0 Å². The molecule has 0 spiro atoms. The normalized spacial score (nSPS) is 12.4. The van der Waals surface area contributed by atoms with Crippen molar-refractivity contribution < 1.29 is 9.63 Å². The third-order valence-corrected chi connectivity index (χ3v) is 1.23. The average molecular weight is 152 g/mol. The Balaban J connectivity index is 2.70. The fourth-order valence-corrected chi connectivity index (χ4v) is 0.685. The molecule has 4 heteroatoms. The van der Waals surface area contributed by atoms with Gasteiger partial charge >= 0.3 is 5.95 Å². The summed E-state index contributed by atoms with van der Waals surface area (Å²) < 4.78 is 4.39. The van der Waals surface area contributed by atoms with Gasteiger partial charge in [-0.25, -0.2) is 0 Å². The van der Waals surface area contributed by atoms with Crippen molar-refractivity contribution in [1.82, 2.24) is 5.16 Å². The summed E-state index contributed by atoms with van der Waals surface area (Å²) in [5.41, 5.74) is 6.02. The molecule has 0 aliphatic rings. The van der Waals surface area contributed by atoms with E-state index in [9.17, 15) is 0 Å². The molecule has 4 nitrogen and oxygen atoms in total. The lowest BCUT2D eigenvalue weighted by atomic mass is 10.2. The molecular weight excluding hydrogens is 144 g/mol. The van der Waals surface area contributed by atoms with E-state index in [1.807, 2.05) is 0 Å². The van der Waals surface area contributed by atoms with Crippen molar-refractivity contribution >= 4 is 0 Å². The third kappa shape index (κ3) is 1.72. The summed E-state index contributed by atoms with van der Waals surface area (Å²) in [7, 11) is 0. The van der Waals surface area contributed by atoms with Crippen LogP contribution in [0.3, 0.4) is 0 Å². The number of terminal acetylenes is 1. The molecule has 58 valence electrons. The number of rotatable bonds is 2. The molecule has 0 aliphatic heterocycles. The van der Waals surface area contributed by atoms with E-state index >= 15 is 0 Å². The van der Waals surface area contributed by atoms with Crippen LogP contribution in [-0.4, -0.2) is 10.3 Å². The Hall–Kier alpha value is -1.47. The van der Waals surface area contributed by atoms with Gasteiger partial charge in [-0.15, -0.1) is 12.3 Å². The number of aromatic nitrogens is 1. The molecule has 0 amide bonds. The zero-order chi connectivity index (χ0) is 8.27. The first-order valence-corrected chi connectivity index (χ1v) is 3.08. The Kier molecular flexibility index (Phi) is 2.14. The summed E-state index contributed by atoms with van der Waals surface area (Å²) >= 11 is 0. The van der Waals surface area contributed by atoms with E-state index in [0.29, 0.717) is 12.1 Å². The van der Waals surface area contributed by atoms with Crippen LogP contribution in [0, 0.1) is 12.3 Å². The molecule has 0 radical (unpaired) electrons. The van der Waals surface area contributed by atoms with Crippen LogP contribution in [0.2, 0.25) is 0 Å². The van der Waals surface area contributed by atoms with Gasteiger partial charge in [-0.1, -0.05) is 5.16 Å². The van der Waals surface area contributed by atoms with Crippen LogP contribution in [0.15, 0.2) is 10.6 Å². The molecule has 3 N–H and O–H groups in total. The molecule has 0 bridgehead atoms. The van der Waals surface area contributed by atoms with E-state index in [1.165, 1.54) is 6.07 Å². The summed E-state index contributed by atoms with van der Waals surface area (Å²) in [6.45, 7) is 0. The molecule has 0 fully saturated rings. The van der Waals surface area contributed by atoms with E-state index in [-0.39, 0.29) is 12.0 Å². The smallest absolute Gasteiger partial charge is 0.309 e. The molecular formula is C7H8N2O2. The SMILES string of the molecule is C#CCC(N)c1cc(O)on1. The average Bonchev–Trinajstić information content (AvgIpc) is 2.36. The number of nitrogens with two attached hydrogens (primary N) is 1. The van der Waals surface area contributed by atoms with Gasteiger partial charge in [0, 0.05) is 12.5 Å². The largest absolute Gasteiger partial charge is 0.479 e. The standard InChI is InChI=1S/C7H8N2O2/c1-2-3-5(8)6-4-7(10)11-9-6/h1,4-5,10H,3,8H2. The zero-order valence-corrected chi connectivity index (χ0v) is 5.82. The molecule has 0 saturated carbocycles. The third-order valence-electron chi connectivity index (χ3n) is 1.23. The fraction of sp³-hybridized carbons (Fsp3) is 0.286.